The first-order valence-electron chi connectivity index (χ1n) is 9.66. The lowest BCUT2D eigenvalue weighted by Gasteiger charge is -2.18. The number of aromatic nitrogens is 4. The van der Waals surface area contributed by atoms with E-state index in [-0.39, 0.29) is 5.43 Å². The minimum absolute atomic E-state index is 0.0705. The second-order valence-electron chi connectivity index (χ2n) is 6.96. The van der Waals surface area contributed by atoms with Crippen molar-refractivity contribution in [2.75, 3.05) is 5.32 Å². The fraction of sp³-hybridized carbons (Fsp3) is 0.0417. The Labute approximate surface area is 173 Å². The van der Waals surface area contributed by atoms with Crippen LogP contribution in [0, 0.1) is 0 Å². The Morgan fingerprint density at radius 3 is 2.40 bits per heavy atom. The Morgan fingerprint density at radius 1 is 0.900 bits per heavy atom. The number of fused-ring (bicyclic) bond motifs is 1. The van der Waals surface area contributed by atoms with E-state index in [9.17, 15) is 4.79 Å². The molecule has 0 radical (unpaired) electrons. The molecule has 0 amide bonds. The zero-order valence-electron chi connectivity index (χ0n) is 16.1. The normalized spacial score (nSPS) is 10.9. The van der Waals surface area contributed by atoms with Crippen LogP contribution in [0.25, 0.3) is 16.7 Å². The maximum atomic E-state index is 13.2. The molecule has 30 heavy (non-hydrogen) atoms. The highest BCUT2D eigenvalue weighted by Gasteiger charge is 2.15. The number of pyridine rings is 2. The highest BCUT2D eigenvalue weighted by Crippen LogP contribution is 2.25. The van der Waals surface area contributed by atoms with Crippen LogP contribution in [0.2, 0.25) is 0 Å². The molecule has 146 valence electrons. The molecule has 3 heterocycles. The average Bonchev–Trinajstić information content (AvgIpc) is 3.28. The summed E-state index contributed by atoms with van der Waals surface area (Å²) < 4.78 is 3.93. The Bertz CT molecular complexity index is 1340. The molecular weight excluding hydrogens is 374 g/mol. The van der Waals surface area contributed by atoms with Crippen LogP contribution in [0.5, 0.6) is 0 Å². The fourth-order valence-electron chi connectivity index (χ4n) is 3.61. The number of hydrogen-bond acceptors (Lipinski definition) is 4. The lowest BCUT2D eigenvalue weighted by Crippen LogP contribution is -2.15. The van der Waals surface area contributed by atoms with Crippen LogP contribution in [0.3, 0.4) is 0 Å². The Morgan fingerprint density at radius 2 is 1.67 bits per heavy atom. The largest absolute Gasteiger partial charge is 0.341 e. The molecule has 0 atom stereocenters. The minimum Gasteiger partial charge on any atom is -0.341 e. The van der Waals surface area contributed by atoms with Gasteiger partial charge in [-0.15, -0.1) is 0 Å². The van der Waals surface area contributed by atoms with Gasteiger partial charge in [0.25, 0.3) is 0 Å². The van der Waals surface area contributed by atoms with Crippen molar-refractivity contribution in [3.63, 3.8) is 0 Å². The van der Waals surface area contributed by atoms with Crippen LogP contribution >= 0.6 is 0 Å². The second-order valence-corrected chi connectivity index (χ2v) is 6.96. The van der Waals surface area contributed by atoms with E-state index in [0.717, 1.165) is 16.9 Å². The number of benzene rings is 2. The summed E-state index contributed by atoms with van der Waals surface area (Å²) in [7, 11) is 0. The maximum Gasteiger partial charge on any atom is 0.193 e. The van der Waals surface area contributed by atoms with Gasteiger partial charge in [0.05, 0.1) is 11.7 Å². The van der Waals surface area contributed by atoms with Crippen LogP contribution in [0.15, 0.2) is 103 Å². The third kappa shape index (κ3) is 3.35. The molecule has 0 spiro atoms. The van der Waals surface area contributed by atoms with Gasteiger partial charge in [0.1, 0.15) is 11.5 Å². The van der Waals surface area contributed by atoms with E-state index in [2.05, 4.69) is 15.3 Å². The van der Waals surface area contributed by atoms with E-state index in [0.29, 0.717) is 23.4 Å². The second kappa shape index (κ2) is 7.67. The zero-order chi connectivity index (χ0) is 20.3. The summed E-state index contributed by atoms with van der Waals surface area (Å²) in [4.78, 5) is 21.9. The number of rotatable bonds is 5. The number of nitrogens with zero attached hydrogens (tertiary/aromatic N) is 4. The quantitative estimate of drug-likeness (QED) is 0.481. The lowest BCUT2D eigenvalue weighted by atomic mass is 10.1. The first-order valence-corrected chi connectivity index (χ1v) is 9.66. The molecule has 5 aromatic rings. The summed E-state index contributed by atoms with van der Waals surface area (Å²) in [6.45, 7) is 0.550. The SMILES string of the molecule is O=c1cc(Nc2ccccc2)n(-c2ccccc2)c2nccc(Cn3ccnc3)c12. The molecule has 6 heteroatoms. The Hall–Kier alpha value is -4.19. The monoisotopic (exact) mass is 393 g/mol. The van der Waals surface area contributed by atoms with Crippen LogP contribution in [0.4, 0.5) is 11.5 Å². The number of hydrogen-bond donors (Lipinski definition) is 1. The van der Waals surface area contributed by atoms with Crippen molar-refractivity contribution >= 4 is 22.5 Å². The molecule has 5 rings (SSSR count). The van der Waals surface area contributed by atoms with E-state index in [4.69, 9.17) is 0 Å². The number of imidazole rings is 1. The van der Waals surface area contributed by atoms with Crippen molar-refractivity contribution < 1.29 is 0 Å². The molecule has 2 aromatic carbocycles. The molecular formula is C24H19N5O. The van der Waals surface area contributed by atoms with Crippen molar-refractivity contribution in [1.29, 1.82) is 0 Å². The van der Waals surface area contributed by atoms with Crippen LogP contribution in [-0.2, 0) is 6.54 Å². The van der Waals surface area contributed by atoms with Crippen molar-refractivity contribution in [3.8, 4) is 5.69 Å². The minimum atomic E-state index is -0.0705. The highest BCUT2D eigenvalue weighted by atomic mass is 16.1. The molecule has 0 bridgehead atoms. The molecule has 0 aliphatic heterocycles. The molecule has 0 aliphatic rings. The summed E-state index contributed by atoms with van der Waals surface area (Å²) in [5.74, 6) is 0.664. The predicted molar refractivity (Wildman–Crippen MR) is 118 cm³/mol. The molecule has 0 unspecified atom stereocenters. The lowest BCUT2D eigenvalue weighted by molar-refractivity contribution is 0.800. The van der Waals surface area contributed by atoms with Gasteiger partial charge >= 0.3 is 0 Å². The summed E-state index contributed by atoms with van der Waals surface area (Å²) in [6.07, 6.45) is 7.11. The smallest absolute Gasteiger partial charge is 0.193 e. The van der Waals surface area contributed by atoms with E-state index >= 15 is 0 Å². The van der Waals surface area contributed by atoms with Gasteiger partial charge in [-0.3, -0.25) is 9.36 Å². The third-order valence-corrected chi connectivity index (χ3v) is 4.96. The van der Waals surface area contributed by atoms with E-state index in [1.807, 2.05) is 82.1 Å². The van der Waals surface area contributed by atoms with Crippen LogP contribution in [-0.4, -0.2) is 19.1 Å². The first-order chi connectivity index (χ1) is 14.8. The molecule has 0 aliphatic carbocycles. The summed E-state index contributed by atoms with van der Waals surface area (Å²) in [5, 5.41) is 3.98. The molecule has 0 saturated heterocycles. The third-order valence-electron chi connectivity index (χ3n) is 4.96. The van der Waals surface area contributed by atoms with E-state index in [1.54, 1.807) is 24.8 Å². The highest BCUT2D eigenvalue weighted by molar-refractivity contribution is 5.83. The number of para-hydroxylation sites is 2. The van der Waals surface area contributed by atoms with Gasteiger partial charge in [0.15, 0.2) is 5.43 Å². The van der Waals surface area contributed by atoms with Gasteiger partial charge in [-0.05, 0) is 35.9 Å². The van der Waals surface area contributed by atoms with E-state index in [1.165, 1.54) is 0 Å². The van der Waals surface area contributed by atoms with Crippen molar-refractivity contribution in [2.24, 2.45) is 0 Å². The zero-order valence-corrected chi connectivity index (χ0v) is 16.1. The molecule has 6 nitrogen and oxygen atoms in total. The Balaban J connectivity index is 1.75. The average molecular weight is 393 g/mol. The van der Waals surface area contributed by atoms with Crippen molar-refractivity contribution in [3.05, 3.63) is 114 Å². The molecule has 1 N–H and O–H groups in total. The van der Waals surface area contributed by atoms with Crippen LogP contribution < -0.4 is 10.7 Å². The number of anilines is 2. The molecule has 3 aromatic heterocycles. The summed E-state index contributed by atoms with van der Waals surface area (Å²) in [5.41, 5.74) is 3.27. The molecule has 0 fully saturated rings. The van der Waals surface area contributed by atoms with Gasteiger partial charge in [0, 0.05) is 42.6 Å². The van der Waals surface area contributed by atoms with Gasteiger partial charge < -0.3 is 9.88 Å². The maximum absolute atomic E-state index is 13.2. The topological polar surface area (TPSA) is 64.7 Å². The van der Waals surface area contributed by atoms with Crippen molar-refractivity contribution in [1.82, 2.24) is 19.1 Å². The van der Waals surface area contributed by atoms with Gasteiger partial charge in [-0.25, -0.2) is 9.97 Å². The predicted octanol–water partition coefficient (Wildman–Crippen LogP) is 4.37. The summed E-state index contributed by atoms with van der Waals surface area (Å²) in [6, 6.07) is 23.3. The summed E-state index contributed by atoms with van der Waals surface area (Å²) >= 11 is 0. The standard InChI is InChI=1S/C24H19N5O/c30-21-15-22(27-19-7-3-1-4-8-19)29(20-9-5-2-6-10-20)24-23(21)18(11-12-26-24)16-28-14-13-25-17-28/h1-15,17,27H,16H2. The van der Waals surface area contributed by atoms with Crippen LogP contribution in [0.1, 0.15) is 5.56 Å². The Kier molecular flexibility index (Phi) is 4.57. The first kappa shape index (κ1) is 17.9. The van der Waals surface area contributed by atoms with Gasteiger partial charge in [-0.1, -0.05) is 36.4 Å². The van der Waals surface area contributed by atoms with Gasteiger partial charge in [0.2, 0.25) is 0 Å². The molecule has 0 saturated carbocycles. The number of nitrogens with one attached hydrogen (secondary N) is 1. The van der Waals surface area contributed by atoms with E-state index < -0.39 is 0 Å². The van der Waals surface area contributed by atoms with Gasteiger partial charge in [-0.2, -0.15) is 0 Å². The van der Waals surface area contributed by atoms with Crippen molar-refractivity contribution in [2.45, 2.75) is 6.54 Å². The fourth-order valence-corrected chi connectivity index (χ4v) is 3.61.